The number of hydrogen-bond acceptors (Lipinski definition) is 12. The molecule has 318 valence electrons. The topological polar surface area (TPSA) is 175 Å². The molecule has 63 heavy (non-hydrogen) atoms. The van der Waals surface area contributed by atoms with Crippen LogP contribution in [0.1, 0.15) is 39.6 Å². The highest BCUT2D eigenvalue weighted by Gasteiger charge is 2.55. The molecule has 2 atom stereocenters. The summed E-state index contributed by atoms with van der Waals surface area (Å²) in [5, 5.41) is 11.3. The summed E-state index contributed by atoms with van der Waals surface area (Å²) < 4.78 is 24.7. The Labute approximate surface area is 369 Å². The highest BCUT2D eigenvalue weighted by Crippen LogP contribution is 2.43. The molecule has 0 spiro atoms. The number of amides is 3. The number of nitrogens with one attached hydrogen (secondary N) is 2. The zero-order valence-electron chi connectivity index (χ0n) is 33.3. The molecule has 1 aromatic heterocycles. The third kappa shape index (κ3) is 8.89. The Kier molecular flexibility index (Phi) is 12.9. The third-order valence-corrected chi connectivity index (χ3v) is 12.5. The van der Waals surface area contributed by atoms with Gasteiger partial charge in [0.1, 0.15) is 35.0 Å². The lowest BCUT2D eigenvalue weighted by molar-refractivity contribution is -0.154. The van der Waals surface area contributed by atoms with Crippen molar-refractivity contribution in [3.8, 4) is 0 Å². The minimum atomic E-state index is -1.33. The van der Waals surface area contributed by atoms with E-state index in [0.29, 0.717) is 16.3 Å². The quantitative estimate of drug-likeness (QED) is 0.0295. The number of β-lactam (4-membered cyclic amide) rings is 1. The van der Waals surface area contributed by atoms with E-state index in [1.807, 2.05) is 152 Å². The van der Waals surface area contributed by atoms with Crippen LogP contribution < -0.4 is 16.4 Å². The summed E-state index contributed by atoms with van der Waals surface area (Å²) in [5.74, 6) is -2.25. The molecule has 3 heterocycles. The van der Waals surface area contributed by atoms with E-state index >= 15 is 0 Å². The molecule has 6 aromatic rings. The lowest BCUT2D eigenvalue weighted by Gasteiger charge is -2.49. The smallest absolute Gasteiger partial charge is 0.404 e. The van der Waals surface area contributed by atoms with Crippen LogP contribution in [0.15, 0.2) is 173 Å². The van der Waals surface area contributed by atoms with Crippen molar-refractivity contribution in [2.75, 3.05) is 24.5 Å². The van der Waals surface area contributed by atoms with Gasteiger partial charge in [0, 0.05) is 16.7 Å². The number of thiazole rings is 1. The van der Waals surface area contributed by atoms with Crippen LogP contribution in [-0.4, -0.2) is 70.1 Å². The number of nitrogens with zero attached hydrogens (tertiary/aromatic N) is 3. The minimum absolute atomic E-state index is 0.0550. The Morgan fingerprint density at radius 1 is 0.825 bits per heavy atom. The molecule has 0 bridgehead atoms. The highest BCUT2D eigenvalue weighted by atomic mass is 32.2. The Balaban J connectivity index is 1.06. The molecule has 4 N–H and O–H groups in total. The zero-order valence-corrected chi connectivity index (χ0v) is 35.0. The minimum Gasteiger partial charge on any atom is -0.448 e. The molecule has 1 saturated heterocycles. The SMILES string of the molecule is NC(=O)OCC1=C(C(=O)OC(c2ccccc2)c2ccccc2)N2C(=O)[C@@H](NC(=O)/C(=N\OCF)c3csc(NC(c4ccccc4)(c4ccccc4)c4ccccc4)n3)[C@H]2SC1. The maximum Gasteiger partial charge on any atom is 0.404 e. The average molecular weight is 883 g/mol. The van der Waals surface area contributed by atoms with Gasteiger partial charge in [-0.3, -0.25) is 14.5 Å². The molecule has 2 aliphatic heterocycles. The molecular formula is C47H39FN6O7S2. The van der Waals surface area contributed by atoms with Crippen LogP contribution in [-0.2, 0) is 34.2 Å². The van der Waals surface area contributed by atoms with Gasteiger partial charge in [-0.15, -0.1) is 23.1 Å². The number of anilines is 1. The van der Waals surface area contributed by atoms with E-state index in [2.05, 4.69) is 15.8 Å². The number of hydrogen-bond donors (Lipinski definition) is 3. The lowest BCUT2D eigenvalue weighted by atomic mass is 9.77. The number of halogens is 1. The van der Waals surface area contributed by atoms with E-state index in [1.54, 1.807) is 5.38 Å². The number of esters is 1. The van der Waals surface area contributed by atoms with Gasteiger partial charge in [0.05, 0.1) is 0 Å². The molecule has 0 saturated carbocycles. The van der Waals surface area contributed by atoms with Crippen LogP contribution in [0, 0.1) is 0 Å². The molecule has 13 nitrogen and oxygen atoms in total. The number of primary amides is 1. The van der Waals surface area contributed by atoms with Crippen molar-refractivity contribution >= 4 is 57.8 Å². The van der Waals surface area contributed by atoms with Crippen molar-refractivity contribution in [2.24, 2.45) is 10.9 Å². The second-order valence-corrected chi connectivity index (χ2v) is 16.2. The fourth-order valence-electron chi connectivity index (χ4n) is 7.57. The van der Waals surface area contributed by atoms with E-state index in [-0.39, 0.29) is 35.0 Å². The Bertz CT molecular complexity index is 2500. The number of carbonyl (C=O) groups is 4. The highest BCUT2D eigenvalue weighted by molar-refractivity contribution is 8.00. The molecule has 5 aromatic carbocycles. The van der Waals surface area contributed by atoms with Crippen LogP contribution in [0.25, 0.3) is 0 Å². The normalized spacial score (nSPS) is 16.1. The standard InChI is InChI=1S/C47H39FN6O7S2/c48-29-60-53-37(36-28-63-46(50-36)52-47(33-20-10-3-11-21-33,34-22-12-4-13-23-34)35-24-14-5-15-25-35)41(55)51-38-42(56)54-39(32(26-59-45(49)58)27-62-43(38)54)44(57)61-40(30-16-6-1-7-17-30)31-18-8-2-9-19-31/h1-25,28,38,40,43H,26-27,29H2,(H2,49,58)(H,50,52)(H,51,55)/b53-37-/t38-,43-/m1/s1. The number of rotatable bonds is 16. The van der Waals surface area contributed by atoms with Crippen LogP contribution in [0.4, 0.5) is 14.3 Å². The van der Waals surface area contributed by atoms with Crippen molar-refractivity contribution in [1.82, 2.24) is 15.2 Å². The number of thioether (sulfide) groups is 1. The molecule has 0 radical (unpaired) electrons. The summed E-state index contributed by atoms with van der Waals surface area (Å²) in [6.07, 6.45) is -1.92. The summed E-state index contributed by atoms with van der Waals surface area (Å²) >= 11 is 2.42. The number of aromatic nitrogens is 1. The first-order valence-electron chi connectivity index (χ1n) is 19.7. The van der Waals surface area contributed by atoms with Gasteiger partial charge in [-0.2, -0.15) is 0 Å². The van der Waals surface area contributed by atoms with Gasteiger partial charge in [-0.1, -0.05) is 157 Å². The maximum absolute atomic E-state index is 14.2. The van der Waals surface area contributed by atoms with Crippen molar-refractivity contribution < 1.29 is 37.9 Å². The molecule has 0 unspecified atom stereocenters. The molecule has 16 heteroatoms. The van der Waals surface area contributed by atoms with Gasteiger partial charge in [-0.05, 0) is 27.8 Å². The van der Waals surface area contributed by atoms with Gasteiger partial charge < -0.3 is 30.7 Å². The van der Waals surface area contributed by atoms with E-state index in [9.17, 15) is 23.6 Å². The first-order valence-corrected chi connectivity index (χ1v) is 21.6. The molecule has 3 amide bonds. The van der Waals surface area contributed by atoms with Gasteiger partial charge in [0.25, 0.3) is 18.7 Å². The molecule has 8 rings (SSSR count). The third-order valence-electron chi connectivity index (χ3n) is 10.4. The lowest BCUT2D eigenvalue weighted by Crippen LogP contribution is -2.71. The fourth-order valence-corrected chi connectivity index (χ4v) is 9.65. The number of carbonyl (C=O) groups excluding carboxylic acids is 4. The number of benzene rings is 5. The zero-order chi connectivity index (χ0) is 43.8. The van der Waals surface area contributed by atoms with Crippen molar-refractivity contribution in [1.29, 1.82) is 0 Å². The first kappa shape index (κ1) is 42.4. The Morgan fingerprint density at radius 3 is 1.86 bits per heavy atom. The Hall–Kier alpha value is -7.30. The van der Waals surface area contributed by atoms with E-state index in [4.69, 9.17) is 25.0 Å². The number of oxime groups is 1. The summed E-state index contributed by atoms with van der Waals surface area (Å²) in [5.41, 5.74) is 8.29. The predicted octanol–water partition coefficient (Wildman–Crippen LogP) is 7.28. The predicted molar refractivity (Wildman–Crippen MR) is 237 cm³/mol. The second-order valence-electron chi connectivity index (χ2n) is 14.2. The largest absolute Gasteiger partial charge is 0.448 e. The number of nitrogens with two attached hydrogens (primary N) is 1. The van der Waals surface area contributed by atoms with Crippen LogP contribution in [0.2, 0.25) is 0 Å². The van der Waals surface area contributed by atoms with Crippen LogP contribution in [0.3, 0.4) is 0 Å². The number of ether oxygens (including phenoxy) is 2. The van der Waals surface area contributed by atoms with Crippen LogP contribution >= 0.6 is 23.1 Å². The molecule has 0 aliphatic carbocycles. The summed E-state index contributed by atoms with van der Waals surface area (Å²) in [7, 11) is 0. The molecule has 2 aliphatic rings. The Morgan fingerprint density at radius 2 is 1.35 bits per heavy atom. The van der Waals surface area contributed by atoms with Crippen molar-refractivity contribution in [3.05, 3.63) is 202 Å². The number of alkyl halides is 1. The maximum atomic E-state index is 14.2. The van der Waals surface area contributed by atoms with E-state index < -0.39 is 53.8 Å². The van der Waals surface area contributed by atoms with Crippen LogP contribution in [0.5, 0.6) is 0 Å². The van der Waals surface area contributed by atoms with Crippen molar-refractivity contribution in [2.45, 2.75) is 23.1 Å². The summed E-state index contributed by atoms with van der Waals surface area (Å²) in [6, 6.07) is 46.6. The average Bonchev–Trinajstić information content (AvgIpc) is 3.79. The van der Waals surface area contributed by atoms with Gasteiger partial charge in [-0.25, -0.2) is 19.0 Å². The first-order chi connectivity index (χ1) is 30.8. The van der Waals surface area contributed by atoms with Gasteiger partial charge >= 0.3 is 12.1 Å². The summed E-state index contributed by atoms with van der Waals surface area (Å²) in [4.78, 5) is 64.8. The number of fused-ring (bicyclic) bond motifs is 1. The second kappa shape index (κ2) is 19.2. The molecular weight excluding hydrogens is 844 g/mol. The van der Waals surface area contributed by atoms with E-state index in [0.717, 1.165) is 16.7 Å². The van der Waals surface area contributed by atoms with Gasteiger partial charge in [0.2, 0.25) is 0 Å². The van der Waals surface area contributed by atoms with Crippen molar-refractivity contribution in [3.63, 3.8) is 0 Å². The molecule has 1 fully saturated rings. The summed E-state index contributed by atoms with van der Waals surface area (Å²) in [6.45, 7) is -1.71. The monoisotopic (exact) mass is 882 g/mol. The van der Waals surface area contributed by atoms with E-state index in [1.165, 1.54) is 28.0 Å². The fraction of sp³-hybridized carbons (Fsp3) is 0.149. The van der Waals surface area contributed by atoms with Gasteiger partial charge in [0.15, 0.2) is 16.9 Å².